The van der Waals surface area contributed by atoms with Crippen molar-refractivity contribution in [3.8, 4) is 0 Å². The van der Waals surface area contributed by atoms with Crippen LogP contribution in [0.2, 0.25) is 0 Å². The van der Waals surface area contributed by atoms with Crippen molar-refractivity contribution in [3.63, 3.8) is 0 Å². The Morgan fingerprint density at radius 3 is 2.54 bits per heavy atom. The van der Waals surface area contributed by atoms with Crippen molar-refractivity contribution in [1.29, 1.82) is 0 Å². The summed E-state index contributed by atoms with van der Waals surface area (Å²) in [6.07, 6.45) is 5.36. The van der Waals surface area contributed by atoms with Crippen molar-refractivity contribution in [2.75, 3.05) is 18.5 Å². The van der Waals surface area contributed by atoms with Gasteiger partial charge in [-0.25, -0.2) is 0 Å². The number of carbonyl (C=O) groups excluding carboxylic acids is 2. The van der Waals surface area contributed by atoms with Gasteiger partial charge in [-0.1, -0.05) is 6.58 Å². The van der Waals surface area contributed by atoms with Crippen LogP contribution in [0.5, 0.6) is 0 Å². The minimum absolute atomic E-state index is 0.0193. The maximum atomic E-state index is 12.9. The Hall–Kier alpha value is -2.14. The van der Waals surface area contributed by atoms with Crippen LogP contribution in [0.1, 0.15) is 42.5 Å². The van der Waals surface area contributed by atoms with Gasteiger partial charge in [0.25, 0.3) is 5.91 Å². The number of rotatable bonds is 3. The fraction of sp³-hybridized carbons (Fsp3) is 0.474. The van der Waals surface area contributed by atoms with E-state index in [4.69, 9.17) is 0 Å². The van der Waals surface area contributed by atoms with Gasteiger partial charge in [0.05, 0.1) is 6.10 Å². The number of hydrogen-bond donors (Lipinski definition) is 1. The number of amides is 2. The second-order valence-corrected chi connectivity index (χ2v) is 6.83. The molecule has 2 amide bonds. The van der Waals surface area contributed by atoms with Gasteiger partial charge in [0.2, 0.25) is 5.91 Å². The summed E-state index contributed by atoms with van der Waals surface area (Å²) in [6, 6.07) is 7.09. The molecule has 5 heteroatoms. The molecule has 2 aliphatic rings. The van der Waals surface area contributed by atoms with Crippen LogP contribution in [0.4, 0.5) is 5.69 Å². The standard InChI is InChI=1S/C19H24N2O3/c1-3-17(23)20(2)15-7-5-14(6-8-15)18(24)21-12-9-16(22)13-19(21)10-4-11-19/h3,5-8,16,22H,1,4,9-13H2,2H3. The molecule has 1 spiro atoms. The highest BCUT2D eigenvalue weighted by Crippen LogP contribution is 2.45. The average Bonchev–Trinajstić information content (AvgIpc) is 2.58. The summed E-state index contributed by atoms with van der Waals surface area (Å²) < 4.78 is 0. The molecule has 2 fully saturated rings. The van der Waals surface area contributed by atoms with E-state index in [0.717, 1.165) is 24.9 Å². The lowest BCUT2D eigenvalue weighted by atomic mass is 9.69. The Balaban J connectivity index is 1.77. The molecule has 24 heavy (non-hydrogen) atoms. The van der Waals surface area contributed by atoms with E-state index in [1.165, 1.54) is 11.0 Å². The summed E-state index contributed by atoms with van der Waals surface area (Å²) in [6.45, 7) is 4.09. The second-order valence-electron chi connectivity index (χ2n) is 6.83. The van der Waals surface area contributed by atoms with Crippen molar-refractivity contribution in [2.24, 2.45) is 0 Å². The molecule has 5 nitrogen and oxygen atoms in total. The summed E-state index contributed by atoms with van der Waals surface area (Å²) in [7, 11) is 1.68. The van der Waals surface area contributed by atoms with E-state index in [9.17, 15) is 14.7 Å². The highest BCUT2D eigenvalue weighted by molar-refractivity contribution is 6.01. The van der Waals surface area contributed by atoms with Crippen molar-refractivity contribution in [1.82, 2.24) is 4.90 Å². The number of hydrogen-bond acceptors (Lipinski definition) is 3. The Bertz CT molecular complexity index is 649. The molecule has 3 rings (SSSR count). The van der Waals surface area contributed by atoms with Gasteiger partial charge in [-0.05, 0) is 62.4 Å². The molecule has 1 saturated heterocycles. The van der Waals surface area contributed by atoms with E-state index >= 15 is 0 Å². The first kappa shape index (κ1) is 16.7. The van der Waals surface area contributed by atoms with E-state index in [1.807, 2.05) is 4.90 Å². The molecule has 1 aromatic carbocycles. The first-order chi connectivity index (χ1) is 11.5. The second kappa shape index (κ2) is 6.40. The van der Waals surface area contributed by atoms with E-state index in [0.29, 0.717) is 24.9 Å². The summed E-state index contributed by atoms with van der Waals surface area (Å²) in [5.74, 6) is -0.168. The number of benzene rings is 1. The number of carbonyl (C=O) groups is 2. The minimum atomic E-state index is -0.296. The van der Waals surface area contributed by atoms with Crippen LogP contribution in [0, 0.1) is 0 Å². The van der Waals surface area contributed by atoms with Crippen molar-refractivity contribution in [3.05, 3.63) is 42.5 Å². The number of anilines is 1. The van der Waals surface area contributed by atoms with Crippen LogP contribution in [0.15, 0.2) is 36.9 Å². The zero-order chi connectivity index (χ0) is 17.3. The number of aliphatic hydroxyl groups excluding tert-OH is 1. The third kappa shape index (κ3) is 2.84. The maximum absolute atomic E-state index is 12.9. The number of piperidine rings is 1. The van der Waals surface area contributed by atoms with Crippen LogP contribution in [-0.2, 0) is 4.79 Å². The van der Waals surface area contributed by atoms with Gasteiger partial charge in [-0.15, -0.1) is 0 Å². The fourth-order valence-corrected chi connectivity index (χ4v) is 3.79. The average molecular weight is 328 g/mol. The predicted molar refractivity (Wildman–Crippen MR) is 92.9 cm³/mol. The van der Waals surface area contributed by atoms with Gasteiger partial charge in [0.15, 0.2) is 0 Å². The van der Waals surface area contributed by atoms with Crippen molar-refractivity contribution < 1.29 is 14.7 Å². The van der Waals surface area contributed by atoms with Gasteiger partial charge in [-0.3, -0.25) is 9.59 Å². The lowest BCUT2D eigenvalue weighted by molar-refractivity contribution is -0.113. The third-order valence-electron chi connectivity index (χ3n) is 5.41. The van der Waals surface area contributed by atoms with Crippen LogP contribution >= 0.6 is 0 Å². The topological polar surface area (TPSA) is 60.9 Å². The highest BCUT2D eigenvalue weighted by atomic mass is 16.3. The van der Waals surface area contributed by atoms with E-state index < -0.39 is 0 Å². The first-order valence-corrected chi connectivity index (χ1v) is 8.47. The molecule has 1 aromatic rings. The molecule has 0 bridgehead atoms. The summed E-state index contributed by atoms with van der Waals surface area (Å²) >= 11 is 0. The number of nitrogens with zero attached hydrogens (tertiary/aromatic N) is 2. The van der Waals surface area contributed by atoms with Crippen LogP contribution < -0.4 is 4.90 Å². The molecule has 1 atom stereocenters. The Labute approximate surface area is 142 Å². The Kier molecular flexibility index (Phi) is 4.45. The quantitative estimate of drug-likeness (QED) is 0.867. The van der Waals surface area contributed by atoms with Crippen molar-refractivity contribution >= 4 is 17.5 Å². The summed E-state index contributed by atoms with van der Waals surface area (Å²) in [5, 5.41) is 9.97. The smallest absolute Gasteiger partial charge is 0.254 e. The minimum Gasteiger partial charge on any atom is -0.393 e. The predicted octanol–water partition coefficient (Wildman–Crippen LogP) is 2.36. The fourth-order valence-electron chi connectivity index (χ4n) is 3.79. The maximum Gasteiger partial charge on any atom is 0.254 e. The van der Waals surface area contributed by atoms with Gasteiger partial charge in [-0.2, -0.15) is 0 Å². The molecule has 1 aliphatic heterocycles. The third-order valence-corrected chi connectivity index (χ3v) is 5.41. The number of likely N-dealkylation sites (N-methyl/N-ethyl adjacent to an activating group) is 1. The zero-order valence-corrected chi connectivity index (χ0v) is 14.1. The van der Waals surface area contributed by atoms with E-state index in [1.54, 1.807) is 31.3 Å². The first-order valence-electron chi connectivity index (χ1n) is 8.47. The molecule has 0 radical (unpaired) electrons. The van der Waals surface area contributed by atoms with E-state index in [-0.39, 0.29) is 23.5 Å². The summed E-state index contributed by atoms with van der Waals surface area (Å²) in [5.41, 5.74) is 1.20. The number of aliphatic hydroxyl groups is 1. The van der Waals surface area contributed by atoms with Gasteiger partial charge in [0.1, 0.15) is 0 Å². The van der Waals surface area contributed by atoms with Crippen LogP contribution in [0.3, 0.4) is 0 Å². The molecule has 1 heterocycles. The molecule has 1 saturated carbocycles. The summed E-state index contributed by atoms with van der Waals surface area (Å²) in [4.78, 5) is 28.0. The van der Waals surface area contributed by atoms with Gasteiger partial charge >= 0.3 is 0 Å². The van der Waals surface area contributed by atoms with E-state index in [2.05, 4.69) is 6.58 Å². The molecular weight excluding hydrogens is 304 g/mol. The largest absolute Gasteiger partial charge is 0.393 e. The molecule has 1 aliphatic carbocycles. The Morgan fingerprint density at radius 1 is 1.33 bits per heavy atom. The molecule has 1 N–H and O–H groups in total. The normalized spacial score (nSPS) is 21.9. The monoisotopic (exact) mass is 328 g/mol. The lowest BCUT2D eigenvalue weighted by Gasteiger charge is -2.54. The highest BCUT2D eigenvalue weighted by Gasteiger charge is 2.48. The molecular formula is C19H24N2O3. The zero-order valence-electron chi connectivity index (χ0n) is 14.1. The van der Waals surface area contributed by atoms with Crippen LogP contribution in [-0.4, -0.2) is 47.1 Å². The molecule has 1 unspecified atom stereocenters. The van der Waals surface area contributed by atoms with Crippen LogP contribution in [0.25, 0.3) is 0 Å². The lowest BCUT2D eigenvalue weighted by Crippen LogP contribution is -2.61. The Morgan fingerprint density at radius 2 is 2.00 bits per heavy atom. The SMILES string of the molecule is C=CC(=O)N(C)c1ccc(C(=O)N2CCC(O)CC23CCC3)cc1. The molecule has 128 valence electrons. The van der Waals surface area contributed by atoms with Crippen molar-refractivity contribution in [2.45, 2.75) is 43.7 Å². The van der Waals surface area contributed by atoms with Gasteiger partial charge in [0, 0.05) is 30.4 Å². The van der Waals surface area contributed by atoms with Gasteiger partial charge < -0.3 is 14.9 Å². The number of likely N-dealkylation sites (tertiary alicyclic amines) is 1. The molecule has 0 aromatic heterocycles.